The third-order valence-electron chi connectivity index (χ3n) is 5.71. The molecule has 160 valence electrons. The molecular formula is C23H29N3O3S. The van der Waals surface area contributed by atoms with Crippen molar-refractivity contribution in [1.29, 1.82) is 0 Å². The molecule has 1 aromatic heterocycles. The van der Waals surface area contributed by atoms with Crippen LogP contribution in [0.4, 0.5) is 0 Å². The first-order valence-electron chi connectivity index (χ1n) is 10.7. The van der Waals surface area contributed by atoms with Gasteiger partial charge < -0.3 is 9.30 Å². The van der Waals surface area contributed by atoms with Gasteiger partial charge in [0.25, 0.3) is 0 Å². The highest BCUT2D eigenvalue weighted by Gasteiger charge is 2.28. The summed E-state index contributed by atoms with van der Waals surface area (Å²) < 4.78 is 34.6. The lowest BCUT2D eigenvalue weighted by Crippen LogP contribution is -2.40. The molecule has 1 fully saturated rings. The molecule has 0 unspecified atom stereocenters. The van der Waals surface area contributed by atoms with Crippen molar-refractivity contribution < 1.29 is 13.2 Å². The van der Waals surface area contributed by atoms with E-state index in [1.54, 1.807) is 4.31 Å². The lowest BCUT2D eigenvalue weighted by molar-refractivity contribution is 0.244. The predicted octanol–water partition coefficient (Wildman–Crippen LogP) is 4.07. The van der Waals surface area contributed by atoms with Crippen LogP contribution in [-0.2, 0) is 23.2 Å². The van der Waals surface area contributed by atoms with Crippen molar-refractivity contribution in [3.63, 3.8) is 0 Å². The Balaban J connectivity index is 1.48. The first kappa shape index (κ1) is 20.9. The lowest BCUT2D eigenvalue weighted by atomic mass is 9.98. The fourth-order valence-electron chi connectivity index (χ4n) is 4.12. The molecule has 2 heterocycles. The van der Waals surface area contributed by atoms with Gasteiger partial charge in [0.2, 0.25) is 10.0 Å². The number of nitrogens with zero attached hydrogens (tertiary/aromatic N) is 3. The third kappa shape index (κ3) is 4.68. The van der Waals surface area contributed by atoms with Crippen LogP contribution in [0.5, 0.6) is 5.75 Å². The number of piperidine rings is 1. The minimum Gasteiger partial charge on any atom is -0.486 e. The predicted molar refractivity (Wildman–Crippen MR) is 119 cm³/mol. The fraction of sp³-hybridized carbons (Fsp3) is 0.435. The van der Waals surface area contributed by atoms with Crippen LogP contribution < -0.4 is 4.74 Å². The minimum absolute atomic E-state index is 0.241. The second-order valence-electron chi connectivity index (χ2n) is 7.89. The Morgan fingerprint density at radius 2 is 1.73 bits per heavy atom. The van der Waals surface area contributed by atoms with Crippen LogP contribution in [0.1, 0.15) is 32.0 Å². The number of benzene rings is 2. The van der Waals surface area contributed by atoms with E-state index in [4.69, 9.17) is 9.72 Å². The highest BCUT2D eigenvalue weighted by atomic mass is 32.2. The van der Waals surface area contributed by atoms with E-state index < -0.39 is 10.0 Å². The van der Waals surface area contributed by atoms with E-state index in [0.29, 0.717) is 32.0 Å². The first-order chi connectivity index (χ1) is 14.6. The zero-order valence-corrected chi connectivity index (χ0v) is 18.2. The van der Waals surface area contributed by atoms with E-state index in [1.807, 2.05) is 55.5 Å². The maximum absolute atomic E-state index is 12.4. The number of para-hydroxylation sites is 3. The highest BCUT2D eigenvalue weighted by Crippen LogP contribution is 2.25. The summed E-state index contributed by atoms with van der Waals surface area (Å²) in [6.45, 7) is 4.36. The van der Waals surface area contributed by atoms with Crippen molar-refractivity contribution in [2.24, 2.45) is 5.92 Å². The van der Waals surface area contributed by atoms with Crippen molar-refractivity contribution in [1.82, 2.24) is 13.9 Å². The smallest absolute Gasteiger partial charge is 0.214 e. The summed E-state index contributed by atoms with van der Waals surface area (Å²) in [4.78, 5) is 4.80. The molecule has 3 aromatic rings. The number of ether oxygens (including phenoxy) is 1. The van der Waals surface area contributed by atoms with E-state index in [2.05, 4.69) is 10.6 Å². The summed E-state index contributed by atoms with van der Waals surface area (Å²) >= 11 is 0. The van der Waals surface area contributed by atoms with Gasteiger partial charge in [-0.25, -0.2) is 17.7 Å². The molecule has 1 saturated heterocycles. The Morgan fingerprint density at radius 1 is 1.03 bits per heavy atom. The quantitative estimate of drug-likeness (QED) is 0.544. The third-order valence-corrected chi connectivity index (χ3v) is 7.79. The second kappa shape index (κ2) is 9.18. The van der Waals surface area contributed by atoms with Crippen LogP contribution in [0.3, 0.4) is 0 Å². The topological polar surface area (TPSA) is 64.4 Å². The van der Waals surface area contributed by atoms with Gasteiger partial charge in [-0.1, -0.05) is 37.3 Å². The van der Waals surface area contributed by atoms with Gasteiger partial charge in [-0.2, -0.15) is 0 Å². The van der Waals surface area contributed by atoms with E-state index in [9.17, 15) is 8.42 Å². The molecule has 1 aliphatic heterocycles. The van der Waals surface area contributed by atoms with Gasteiger partial charge in [0.1, 0.15) is 18.2 Å². The first-order valence-corrected chi connectivity index (χ1v) is 12.3. The van der Waals surface area contributed by atoms with Crippen molar-refractivity contribution in [2.75, 3.05) is 18.8 Å². The molecule has 0 saturated carbocycles. The van der Waals surface area contributed by atoms with Crippen molar-refractivity contribution in [3.05, 3.63) is 60.4 Å². The maximum Gasteiger partial charge on any atom is 0.214 e. The van der Waals surface area contributed by atoms with Crippen LogP contribution in [-0.4, -0.2) is 41.1 Å². The molecule has 0 N–H and O–H groups in total. The summed E-state index contributed by atoms with van der Waals surface area (Å²) in [6.07, 6.45) is 2.40. The largest absolute Gasteiger partial charge is 0.486 e. The number of hydrogen-bond acceptors (Lipinski definition) is 4. The molecule has 30 heavy (non-hydrogen) atoms. The van der Waals surface area contributed by atoms with Crippen LogP contribution in [0.15, 0.2) is 54.6 Å². The Kier molecular flexibility index (Phi) is 6.39. The zero-order valence-electron chi connectivity index (χ0n) is 17.4. The highest BCUT2D eigenvalue weighted by molar-refractivity contribution is 7.89. The molecule has 4 rings (SSSR count). The number of aromatic nitrogens is 2. The number of rotatable bonds is 8. The molecule has 6 nitrogen and oxygen atoms in total. The van der Waals surface area contributed by atoms with Crippen molar-refractivity contribution >= 4 is 21.1 Å². The van der Waals surface area contributed by atoms with Gasteiger partial charge >= 0.3 is 0 Å². The Hall–Kier alpha value is -2.38. The average Bonchev–Trinajstić information content (AvgIpc) is 3.11. The molecular weight excluding hydrogens is 398 g/mol. The van der Waals surface area contributed by atoms with Gasteiger partial charge in [-0.05, 0) is 49.4 Å². The van der Waals surface area contributed by atoms with Crippen LogP contribution in [0, 0.1) is 5.92 Å². The van der Waals surface area contributed by atoms with Gasteiger partial charge in [0.15, 0.2) is 0 Å². The monoisotopic (exact) mass is 427 g/mol. The molecule has 1 aliphatic rings. The Morgan fingerprint density at radius 3 is 2.47 bits per heavy atom. The van der Waals surface area contributed by atoms with Gasteiger partial charge in [0, 0.05) is 19.6 Å². The number of sulfonamides is 1. The number of imidazole rings is 1. The molecule has 0 amide bonds. The van der Waals surface area contributed by atoms with Crippen LogP contribution in [0.2, 0.25) is 0 Å². The van der Waals surface area contributed by atoms with Gasteiger partial charge in [0.05, 0.1) is 16.8 Å². The van der Waals surface area contributed by atoms with E-state index >= 15 is 0 Å². The zero-order chi connectivity index (χ0) is 21.0. The van der Waals surface area contributed by atoms with E-state index in [1.165, 1.54) is 0 Å². The maximum atomic E-state index is 12.4. The average molecular weight is 428 g/mol. The number of hydrogen-bond donors (Lipinski definition) is 0. The van der Waals surface area contributed by atoms with E-state index in [0.717, 1.165) is 42.0 Å². The standard InChI is InChI=1S/C23H29N3O3S/c1-2-16-30(27,28)25-14-12-19(13-15-25)17-26-22-11-7-6-10-21(22)24-23(26)18-29-20-8-4-3-5-9-20/h3-11,19H,2,12-18H2,1H3. The summed E-state index contributed by atoms with van der Waals surface area (Å²) in [5.41, 5.74) is 2.07. The van der Waals surface area contributed by atoms with Gasteiger partial charge in [-0.3, -0.25) is 0 Å². The molecule has 0 radical (unpaired) electrons. The Bertz CT molecular complexity index is 1070. The summed E-state index contributed by atoms with van der Waals surface area (Å²) in [5, 5.41) is 0. The SMILES string of the molecule is CCCS(=O)(=O)N1CCC(Cn2c(COc3ccccc3)nc3ccccc32)CC1. The fourth-order valence-corrected chi connectivity index (χ4v) is 5.66. The molecule has 0 bridgehead atoms. The number of fused-ring (bicyclic) bond motifs is 1. The summed E-state index contributed by atoms with van der Waals surface area (Å²) in [7, 11) is -3.11. The van der Waals surface area contributed by atoms with Crippen molar-refractivity contribution in [2.45, 2.75) is 39.3 Å². The summed E-state index contributed by atoms with van der Waals surface area (Å²) in [6, 6.07) is 17.9. The van der Waals surface area contributed by atoms with Gasteiger partial charge in [-0.15, -0.1) is 0 Å². The van der Waals surface area contributed by atoms with E-state index in [-0.39, 0.29) is 5.75 Å². The lowest BCUT2D eigenvalue weighted by Gasteiger charge is -2.31. The molecule has 0 aliphatic carbocycles. The molecule has 7 heteroatoms. The van der Waals surface area contributed by atoms with Crippen LogP contribution in [0.25, 0.3) is 11.0 Å². The van der Waals surface area contributed by atoms with Crippen LogP contribution >= 0.6 is 0 Å². The normalized spacial score (nSPS) is 16.2. The van der Waals surface area contributed by atoms with Crippen molar-refractivity contribution in [3.8, 4) is 5.75 Å². The Labute approximate surface area is 178 Å². The second-order valence-corrected chi connectivity index (χ2v) is 9.98. The molecule has 0 spiro atoms. The summed E-state index contributed by atoms with van der Waals surface area (Å²) in [5.74, 6) is 2.39. The molecule has 2 aromatic carbocycles. The molecule has 0 atom stereocenters. The minimum atomic E-state index is -3.11.